The molecule has 0 bridgehead atoms. The van der Waals surface area contributed by atoms with Gasteiger partial charge >= 0.3 is 0 Å². The van der Waals surface area contributed by atoms with Gasteiger partial charge in [-0.2, -0.15) is 0 Å². The largest absolute Gasteiger partial charge is 0.236 e. The molecule has 2 unspecified atom stereocenters. The first-order valence-electron chi connectivity index (χ1n) is 2.85. The van der Waals surface area contributed by atoms with Crippen LogP contribution in [0.3, 0.4) is 0 Å². The van der Waals surface area contributed by atoms with Crippen molar-refractivity contribution in [3.63, 3.8) is 0 Å². The lowest BCUT2D eigenvalue weighted by molar-refractivity contribution is 0.422. The molecule has 1 heterocycles. The molecule has 1 saturated heterocycles. The summed E-state index contributed by atoms with van der Waals surface area (Å²) in [5.74, 6) is 3.71. The summed E-state index contributed by atoms with van der Waals surface area (Å²) in [6.07, 6.45) is 5.79. The second kappa shape index (κ2) is 3.35. The Morgan fingerprint density at radius 2 is 2.20 bits per heavy atom. The molecule has 0 aliphatic carbocycles. The number of halogens is 3. The van der Waals surface area contributed by atoms with Crippen molar-refractivity contribution < 1.29 is 4.39 Å². The van der Waals surface area contributed by atoms with Crippen LogP contribution in [0.15, 0.2) is 0 Å². The van der Waals surface area contributed by atoms with Gasteiger partial charge in [-0.1, -0.05) is 0 Å². The van der Waals surface area contributed by atoms with Crippen LogP contribution in [0, 0.1) is 18.3 Å². The molecule has 1 aliphatic heterocycles. The highest BCUT2D eigenvalue weighted by atomic mass is 127. The van der Waals surface area contributed by atoms with Gasteiger partial charge in [-0.25, -0.2) is 4.39 Å². The first-order chi connectivity index (χ1) is 4.56. The zero-order valence-electron chi connectivity index (χ0n) is 5.19. The molecule has 0 saturated carbocycles. The molecule has 0 aromatic heterocycles. The summed E-state index contributed by atoms with van der Waals surface area (Å²) >= 11 is 4.46. The topological polar surface area (TPSA) is 0 Å². The predicted molar refractivity (Wildman–Crippen MR) is 62.3 cm³/mol. The molecule has 0 amide bonds. The van der Waals surface area contributed by atoms with Crippen molar-refractivity contribution in [3.05, 3.63) is 0 Å². The lowest BCUT2D eigenvalue weighted by Crippen LogP contribution is -1.92. The zero-order valence-corrected chi connectivity index (χ0v) is 10.3. The van der Waals surface area contributed by atoms with E-state index in [1.54, 1.807) is 0 Å². The van der Waals surface area contributed by atoms with E-state index in [0.29, 0.717) is 6.42 Å². The van der Waals surface area contributed by atoms with Gasteiger partial charge in [0.05, 0.1) is 0 Å². The van der Waals surface area contributed by atoms with Crippen LogP contribution in [0.1, 0.15) is 6.42 Å². The molecule has 4 heteroatoms. The molecule has 0 spiro atoms. The Kier molecular flexibility index (Phi) is 3.15. The van der Waals surface area contributed by atoms with E-state index in [4.69, 9.17) is 6.42 Å². The second-order valence-electron chi connectivity index (χ2n) is 2.30. The van der Waals surface area contributed by atoms with Gasteiger partial charge in [0.25, 0.3) is 0 Å². The highest BCUT2D eigenvalue weighted by Gasteiger charge is 2.39. The predicted octanol–water partition coefficient (Wildman–Crippen LogP) is 3.44. The van der Waals surface area contributed by atoms with Crippen LogP contribution in [0.4, 0.5) is 4.39 Å². The minimum Gasteiger partial charge on any atom is -0.236 e. The van der Waals surface area contributed by atoms with E-state index in [1.807, 2.05) is 0 Å². The molecule has 0 nitrogen and oxygen atoms in total. The maximum absolute atomic E-state index is 13.1. The third kappa shape index (κ3) is 1.91. The van der Waals surface area contributed by atoms with Gasteiger partial charge in [0.15, 0.2) is 0 Å². The number of alkyl halides is 1. The normalized spacial score (nSPS) is 40.6. The van der Waals surface area contributed by atoms with Gasteiger partial charge < -0.3 is 0 Å². The van der Waals surface area contributed by atoms with Gasteiger partial charge in [0, 0.05) is 18.1 Å². The number of hydrogen-bond donors (Lipinski definition) is 0. The van der Waals surface area contributed by atoms with Gasteiger partial charge in [-0.15, -0.1) is 16.7 Å². The number of terminal acetylenes is 1. The smallest absolute Gasteiger partial charge is 0.147 e. The second-order valence-corrected chi connectivity index (χ2v) is 18.9. The summed E-state index contributed by atoms with van der Waals surface area (Å²) in [4.78, 5) is 0. The average molecular weight is 384 g/mol. The van der Waals surface area contributed by atoms with Crippen LogP contribution in [-0.4, -0.2) is 11.3 Å². The van der Waals surface area contributed by atoms with Crippen molar-refractivity contribution in [2.75, 3.05) is 5.75 Å². The fourth-order valence-electron chi connectivity index (χ4n) is 0.921. The summed E-state index contributed by atoms with van der Waals surface area (Å²) < 4.78 is 12.0. The monoisotopic (exact) mass is 384 g/mol. The van der Waals surface area contributed by atoms with Crippen molar-refractivity contribution in [2.45, 2.75) is 11.9 Å². The average Bonchev–Trinajstić information content (AvgIpc) is 2.08. The fraction of sp³-hybridized carbons (Fsp3) is 0.667. The lowest BCUT2D eigenvalue weighted by atomic mass is 10.1. The Labute approximate surface area is 86.2 Å². The van der Waals surface area contributed by atoms with Crippen LogP contribution in [0.25, 0.3) is 0 Å². The first-order valence-corrected chi connectivity index (χ1v) is 9.80. The third-order valence-electron chi connectivity index (χ3n) is 1.50. The minimum absolute atomic E-state index is 0.193. The quantitative estimate of drug-likeness (QED) is 0.444. The molecule has 0 aromatic carbocycles. The van der Waals surface area contributed by atoms with Crippen molar-refractivity contribution >= 4 is 46.8 Å². The molecule has 1 aliphatic rings. The van der Waals surface area contributed by atoms with Gasteiger partial charge in [-0.05, 0) is 42.4 Å². The van der Waals surface area contributed by atoms with Crippen molar-refractivity contribution in [1.29, 1.82) is 0 Å². The Bertz CT molecular complexity index is 175. The van der Waals surface area contributed by atoms with E-state index in [0.717, 1.165) is 5.75 Å². The van der Waals surface area contributed by atoms with Crippen molar-refractivity contribution in [3.8, 4) is 12.3 Å². The Hall–Kier alpha value is 1.30. The molecule has 1 fully saturated rings. The Balaban J connectivity index is 2.64. The molecule has 0 N–H and O–H groups in total. The van der Waals surface area contributed by atoms with Gasteiger partial charge in [0.1, 0.15) is 5.50 Å². The van der Waals surface area contributed by atoms with Crippen LogP contribution < -0.4 is 0 Å². The molecule has 10 heavy (non-hydrogen) atoms. The Morgan fingerprint density at radius 1 is 1.60 bits per heavy atom. The zero-order chi connectivity index (χ0) is 7.78. The van der Waals surface area contributed by atoms with E-state index in [9.17, 15) is 4.39 Å². The van der Waals surface area contributed by atoms with Crippen molar-refractivity contribution in [1.82, 2.24) is 0 Å². The SMILES string of the molecule is C#CC1CC(F)S(I)(I)C1. The molecular weight excluding hydrogens is 377 g/mol. The first kappa shape index (κ1) is 9.39. The summed E-state index contributed by atoms with van der Waals surface area (Å²) in [6, 6.07) is 0. The van der Waals surface area contributed by atoms with Crippen LogP contribution >= 0.6 is 46.8 Å². The van der Waals surface area contributed by atoms with E-state index < -0.39 is 9.87 Å². The molecule has 0 radical (unpaired) electrons. The van der Waals surface area contributed by atoms with E-state index in [-0.39, 0.29) is 5.92 Å². The number of rotatable bonds is 0. The van der Waals surface area contributed by atoms with Crippen LogP contribution in [0.2, 0.25) is 0 Å². The van der Waals surface area contributed by atoms with Crippen LogP contribution in [0.5, 0.6) is 0 Å². The molecular formula is C6H7FI2S. The van der Waals surface area contributed by atoms with E-state index >= 15 is 0 Å². The number of hydrogen-bond acceptors (Lipinski definition) is 0. The third-order valence-corrected chi connectivity index (χ3v) is 8.76. The summed E-state index contributed by atoms with van der Waals surface area (Å²) in [6.45, 7) is 0. The maximum atomic E-state index is 13.1. The fourth-order valence-corrected chi connectivity index (χ4v) is 6.26. The van der Waals surface area contributed by atoms with Gasteiger partial charge in [0.2, 0.25) is 0 Å². The van der Waals surface area contributed by atoms with Crippen molar-refractivity contribution in [2.24, 2.45) is 5.92 Å². The van der Waals surface area contributed by atoms with E-state index in [1.165, 1.54) is 0 Å². The highest BCUT2D eigenvalue weighted by Crippen LogP contribution is 2.73. The summed E-state index contributed by atoms with van der Waals surface area (Å²) in [7, 11) is 0. The highest BCUT2D eigenvalue weighted by molar-refractivity contribution is 14.3. The standard InChI is InChI=1S/C6H7FI2S/c1-2-5-3-6(7)10(8,9)4-5/h1,5-6H,3-4H2. The van der Waals surface area contributed by atoms with Crippen LogP contribution in [-0.2, 0) is 0 Å². The lowest BCUT2D eigenvalue weighted by Gasteiger charge is -2.20. The molecule has 1 rings (SSSR count). The molecule has 0 aromatic rings. The Morgan fingerprint density at radius 3 is 2.40 bits per heavy atom. The maximum Gasteiger partial charge on any atom is 0.147 e. The van der Waals surface area contributed by atoms with Gasteiger partial charge in [-0.3, -0.25) is 0 Å². The summed E-state index contributed by atoms with van der Waals surface area (Å²) in [5.41, 5.74) is -0.644. The van der Waals surface area contributed by atoms with E-state index in [2.05, 4.69) is 48.3 Å². The minimum atomic E-state index is -1.06. The summed E-state index contributed by atoms with van der Waals surface area (Å²) in [5, 5.41) is 0. The molecule has 58 valence electrons. The molecule has 2 atom stereocenters.